The number of rotatable bonds is 8. The normalized spacial score (nSPS) is 15.3. The highest BCUT2D eigenvalue weighted by Gasteiger charge is 2.35. The predicted molar refractivity (Wildman–Crippen MR) is 142 cm³/mol. The molecule has 4 aromatic rings. The van der Waals surface area contributed by atoms with Gasteiger partial charge in [-0.05, 0) is 23.3 Å². The van der Waals surface area contributed by atoms with Crippen molar-refractivity contribution in [1.29, 1.82) is 0 Å². The van der Waals surface area contributed by atoms with Gasteiger partial charge in [0.25, 0.3) is 6.43 Å². The first-order valence-corrected chi connectivity index (χ1v) is 12.5. The SMILES string of the molecule is O=c1c([N+](=O)[O-])c(N2CCN(C(c3ccccc3)c3ccccc3)CC2)c2ncccc2n1CC(F)C(F)F. The number of piperazine rings is 1. The van der Waals surface area contributed by atoms with Crippen molar-refractivity contribution in [2.75, 3.05) is 31.1 Å². The van der Waals surface area contributed by atoms with E-state index in [1.54, 1.807) is 4.90 Å². The minimum absolute atomic E-state index is 0.0277. The van der Waals surface area contributed by atoms with Gasteiger partial charge < -0.3 is 4.90 Å². The number of alkyl halides is 3. The molecule has 8 nitrogen and oxygen atoms in total. The molecule has 1 atom stereocenters. The molecule has 1 aliphatic rings. The Balaban J connectivity index is 1.52. The molecule has 1 aliphatic heterocycles. The molecule has 5 rings (SSSR count). The van der Waals surface area contributed by atoms with E-state index in [9.17, 15) is 28.1 Å². The second-order valence-corrected chi connectivity index (χ2v) is 9.34. The van der Waals surface area contributed by atoms with Crippen LogP contribution in [0.4, 0.5) is 24.5 Å². The van der Waals surface area contributed by atoms with Crippen molar-refractivity contribution < 1.29 is 18.1 Å². The van der Waals surface area contributed by atoms with E-state index in [1.165, 1.54) is 18.3 Å². The third-order valence-electron chi connectivity index (χ3n) is 7.01. The lowest BCUT2D eigenvalue weighted by Crippen LogP contribution is -2.48. The van der Waals surface area contributed by atoms with Crippen LogP contribution < -0.4 is 10.5 Å². The molecular weight excluding hydrogens is 511 g/mol. The largest absolute Gasteiger partial charge is 0.361 e. The van der Waals surface area contributed by atoms with Gasteiger partial charge in [0, 0.05) is 32.4 Å². The first kappa shape index (κ1) is 26.4. The average Bonchev–Trinajstić information content (AvgIpc) is 2.95. The number of benzene rings is 2. The van der Waals surface area contributed by atoms with Crippen LogP contribution >= 0.6 is 0 Å². The Labute approximate surface area is 222 Å². The molecular formula is C28H26F3N5O3. The van der Waals surface area contributed by atoms with Crippen LogP contribution in [-0.4, -0.2) is 58.2 Å². The molecule has 1 fully saturated rings. The van der Waals surface area contributed by atoms with E-state index in [-0.39, 0.29) is 22.8 Å². The average molecular weight is 538 g/mol. The van der Waals surface area contributed by atoms with Crippen LogP contribution in [0, 0.1) is 10.1 Å². The molecule has 0 amide bonds. The zero-order valence-corrected chi connectivity index (χ0v) is 20.9. The Morgan fingerprint density at radius 2 is 1.46 bits per heavy atom. The zero-order chi connectivity index (χ0) is 27.5. The number of pyridine rings is 2. The van der Waals surface area contributed by atoms with E-state index in [1.807, 2.05) is 36.4 Å². The number of hydrogen-bond acceptors (Lipinski definition) is 6. The van der Waals surface area contributed by atoms with Gasteiger partial charge in [0.15, 0.2) is 6.17 Å². The molecule has 39 heavy (non-hydrogen) atoms. The zero-order valence-electron chi connectivity index (χ0n) is 20.9. The summed E-state index contributed by atoms with van der Waals surface area (Å²) in [6.07, 6.45) is -4.59. The minimum atomic E-state index is -3.34. The number of fused-ring (bicyclic) bond motifs is 1. The van der Waals surface area contributed by atoms with Gasteiger partial charge in [-0.15, -0.1) is 0 Å². The number of hydrogen-bond donors (Lipinski definition) is 0. The molecule has 202 valence electrons. The lowest BCUT2D eigenvalue weighted by molar-refractivity contribution is -0.385. The molecule has 2 aromatic carbocycles. The maximum absolute atomic E-state index is 14.0. The smallest absolute Gasteiger partial charge is 0.359 e. The summed E-state index contributed by atoms with van der Waals surface area (Å²) in [4.78, 5) is 32.8. The summed E-state index contributed by atoms with van der Waals surface area (Å²) in [5, 5.41) is 12.1. The molecule has 0 bridgehead atoms. The van der Waals surface area contributed by atoms with Gasteiger partial charge in [-0.2, -0.15) is 0 Å². The van der Waals surface area contributed by atoms with Crippen molar-refractivity contribution in [3.8, 4) is 0 Å². The van der Waals surface area contributed by atoms with E-state index in [0.29, 0.717) is 30.7 Å². The second kappa shape index (κ2) is 11.2. The van der Waals surface area contributed by atoms with Crippen molar-refractivity contribution >= 4 is 22.4 Å². The third-order valence-corrected chi connectivity index (χ3v) is 7.01. The fraction of sp³-hybridized carbons (Fsp3) is 0.286. The van der Waals surface area contributed by atoms with E-state index >= 15 is 0 Å². The van der Waals surface area contributed by atoms with Gasteiger partial charge in [-0.3, -0.25) is 29.4 Å². The van der Waals surface area contributed by atoms with Crippen LogP contribution in [-0.2, 0) is 6.54 Å². The fourth-order valence-electron chi connectivity index (χ4n) is 5.24. The summed E-state index contributed by atoms with van der Waals surface area (Å²) in [5.41, 5.74) is 0.489. The summed E-state index contributed by atoms with van der Waals surface area (Å²) in [6.45, 7) is 0.759. The molecule has 0 aliphatic carbocycles. The molecule has 0 radical (unpaired) electrons. The van der Waals surface area contributed by atoms with E-state index in [4.69, 9.17) is 0 Å². The molecule has 2 aromatic heterocycles. The van der Waals surface area contributed by atoms with Crippen molar-refractivity contribution in [3.63, 3.8) is 0 Å². The number of halogens is 3. The van der Waals surface area contributed by atoms with Crippen molar-refractivity contribution in [3.05, 3.63) is 111 Å². The Morgan fingerprint density at radius 3 is 2.00 bits per heavy atom. The van der Waals surface area contributed by atoms with E-state index in [0.717, 1.165) is 11.1 Å². The van der Waals surface area contributed by atoms with Crippen LogP contribution in [0.5, 0.6) is 0 Å². The highest BCUT2D eigenvalue weighted by Crippen LogP contribution is 2.35. The van der Waals surface area contributed by atoms with Crippen LogP contribution in [0.2, 0.25) is 0 Å². The topological polar surface area (TPSA) is 84.5 Å². The maximum atomic E-state index is 14.0. The molecule has 1 saturated heterocycles. The molecule has 0 saturated carbocycles. The van der Waals surface area contributed by atoms with E-state index in [2.05, 4.69) is 34.1 Å². The highest BCUT2D eigenvalue weighted by molar-refractivity contribution is 5.93. The molecule has 1 unspecified atom stereocenters. The van der Waals surface area contributed by atoms with Gasteiger partial charge in [-0.25, -0.2) is 13.2 Å². The Kier molecular flexibility index (Phi) is 7.60. The summed E-state index contributed by atoms with van der Waals surface area (Å²) in [6, 6.07) is 22.9. The third kappa shape index (κ3) is 5.22. The predicted octanol–water partition coefficient (Wildman–Crippen LogP) is 4.82. The maximum Gasteiger partial charge on any atom is 0.359 e. The molecule has 3 heterocycles. The van der Waals surface area contributed by atoms with Gasteiger partial charge in [0.1, 0.15) is 11.2 Å². The van der Waals surface area contributed by atoms with Crippen molar-refractivity contribution in [1.82, 2.24) is 14.5 Å². The molecule has 0 spiro atoms. The van der Waals surface area contributed by atoms with E-state index < -0.39 is 35.3 Å². The first-order valence-electron chi connectivity index (χ1n) is 12.5. The van der Waals surface area contributed by atoms with Gasteiger partial charge in [0.05, 0.1) is 23.0 Å². The van der Waals surface area contributed by atoms with Crippen molar-refractivity contribution in [2.24, 2.45) is 0 Å². The van der Waals surface area contributed by atoms with Crippen molar-refractivity contribution in [2.45, 2.75) is 25.2 Å². The quantitative estimate of drug-likeness (QED) is 0.237. The number of aromatic nitrogens is 2. The summed E-state index contributed by atoms with van der Waals surface area (Å²) >= 11 is 0. The summed E-state index contributed by atoms with van der Waals surface area (Å²) in [5.74, 6) is 0. The Hall–Kier alpha value is -4.25. The lowest BCUT2D eigenvalue weighted by Gasteiger charge is -2.40. The summed E-state index contributed by atoms with van der Waals surface area (Å²) in [7, 11) is 0. The standard InChI is InChI=1S/C28H26F3N5O3/c29-21(27(30)31)18-35-22-12-7-13-32-23(22)25(26(28(35)37)36(38)39)34-16-14-33(15-17-34)24(19-8-3-1-4-9-19)20-10-5-2-6-11-20/h1-13,21,24,27H,14-18H2. The monoisotopic (exact) mass is 537 g/mol. The highest BCUT2D eigenvalue weighted by atomic mass is 19.3. The molecule has 11 heteroatoms. The first-order chi connectivity index (χ1) is 18.9. The van der Waals surface area contributed by atoms with Crippen LogP contribution in [0.25, 0.3) is 11.0 Å². The second-order valence-electron chi connectivity index (χ2n) is 9.34. The fourth-order valence-corrected chi connectivity index (χ4v) is 5.24. The van der Waals surface area contributed by atoms with Gasteiger partial charge >= 0.3 is 11.2 Å². The Morgan fingerprint density at radius 1 is 0.872 bits per heavy atom. The number of nitro groups is 1. The summed E-state index contributed by atoms with van der Waals surface area (Å²) < 4.78 is 40.6. The van der Waals surface area contributed by atoms with Gasteiger partial charge in [0.2, 0.25) is 0 Å². The van der Waals surface area contributed by atoms with Crippen LogP contribution in [0.3, 0.4) is 0 Å². The van der Waals surface area contributed by atoms with Gasteiger partial charge in [-0.1, -0.05) is 60.7 Å². The minimum Gasteiger partial charge on any atom is -0.361 e. The Bertz CT molecular complexity index is 1470. The van der Waals surface area contributed by atoms with Crippen LogP contribution in [0.1, 0.15) is 17.2 Å². The lowest BCUT2D eigenvalue weighted by atomic mass is 9.96. The number of nitrogens with zero attached hydrogens (tertiary/aromatic N) is 5. The molecule has 0 N–H and O–H groups in total. The van der Waals surface area contributed by atoms with Crippen LogP contribution in [0.15, 0.2) is 83.8 Å². The number of anilines is 1.